The van der Waals surface area contributed by atoms with Crippen LogP contribution in [0.3, 0.4) is 0 Å². The van der Waals surface area contributed by atoms with Gasteiger partial charge < -0.3 is 18.9 Å². The van der Waals surface area contributed by atoms with Crippen molar-refractivity contribution in [2.24, 2.45) is 29.1 Å². The summed E-state index contributed by atoms with van der Waals surface area (Å²) in [6.07, 6.45) is 4.28. The first-order valence-electron chi connectivity index (χ1n) is 11.1. The topological polar surface area (TPSA) is 88.1 Å². The van der Waals surface area contributed by atoms with E-state index in [0.29, 0.717) is 25.2 Å². The van der Waals surface area contributed by atoms with Gasteiger partial charge in [0.15, 0.2) is 17.5 Å². The molecule has 0 aromatic rings. The summed E-state index contributed by atoms with van der Waals surface area (Å²) in [5.41, 5.74) is -0.971. The molecule has 0 bridgehead atoms. The van der Waals surface area contributed by atoms with E-state index < -0.39 is 41.6 Å². The van der Waals surface area contributed by atoms with Crippen LogP contribution in [0.5, 0.6) is 0 Å². The molecule has 0 saturated heterocycles. The molecule has 0 N–H and O–H groups in total. The Labute approximate surface area is 185 Å². The highest BCUT2D eigenvalue weighted by molar-refractivity contribution is 6.05. The number of ketones is 1. The average molecular weight is 437 g/mol. The number of carbonyl (C=O) groups excluding carboxylic acids is 3. The van der Waals surface area contributed by atoms with Gasteiger partial charge in [-0.05, 0) is 45.3 Å². The van der Waals surface area contributed by atoms with Crippen LogP contribution in [0.2, 0.25) is 0 Å². The summed E-state index contributed by atoms with van der Waals surface area (Å²) in [6.45, 7) is 11.9. The second-order valence-electron chi connectivity index (χ2n) is 8.47. The number of rotatable bonds is 10. The van der Waals surface area contributed by atoms with Crippen LogP contribution in [0.4, 0.5) is 0 Å². The minimum Gasteiger partial charge on any atom is -0.468 e. The molecular formula is C24H36O7. The normalized spacial score (nSPS) is 30.6. The van der Waals surface area contributed by atoms with E-state index in [2.05, 4.69) is 0 Å². The quantitative estimate of drug-likeness (QED) is 0.224. The molecule has 7 heteroatoms. The molecule has 0 amide bonds. The molecule has 5 atom stereocenters. The van der Waals surface area contributed by atoms with Gasteiger partial charge >= 0.3 is 11.9 Å². The van der Waals surface area contributed by atoms with Crippen molar-refractivity contribution in [3.05, 3.63) is 23.8 Å². The highest BCUT2D eigenvalue weighted by Gasteiger charge is 2.78. The summed E-state index contributed by atoms with van der Waals surface area (Å²) in [4.78, 5) is 38.8. The molecule has 0 heterocycles. The minimum atomic E-state index is -1.54. The molecule has 0 radical (unpaired) electrons. The first-order chi connectivity index (χ1) is 14.7. The van der Waals surface area contributed by atoms with Crippen molar-refractivity contribution in [1.82, 2.24) is 0 Å². The summed E-state index contributed by atoms with van der Waals surface area (Å²) in [5.74, 6) is -2.32. The Balaban J connectivity index is 2.43. The van der Waals surface area contributed by atoms with Crippen molar-refractivity contribution in [3.63, 3.8) is 0 Å². The number of allylic oxidation sites excluding steroid dienone is 3. The summed E-state index contributed by atoms with van der Waals surface area (Å²) >= 11 is 0. The van der Waals surface area contributed by atoms with Gasteiger partial charge in [-0.2, -0.15) is 0 Å². The number of carbonyl (C=O) groups is 3. The van der Waals surface area contributed by atoms with Crippen LogP contribution < -0.4 is 0 Å². The van der Waals surface area contributed by atoms with Gasteiger partial charge in [0.25, 0.3) is 0 Å². The fourth-order valence-corrected chi connectivity index (χ4v) is 4.60. The van der Waals surface area contributed by atoms with Gasteiger partial charge in [-0.3, -0.25) is 14.4 Å². The molecule has 2 rings (SSSR count). The van der Waals surface area contributed by atoms with Gasteiger partial charge in [0.05, 0.1) is 7.11 Å². The molecule has 7 nitrogen and oxygen atoms in total. The van der Waals surface area contributed by atoms with E-state index in [0.717, 1.165) is 0 Å². The molecule has 0 aliphatic heterocycles. The van der Waals surface area contributed by atoms with Crippen LogP contribution in [0.25, 0.3) is 0 Å². The van der Waals surface area contributed by atoms with Gasteiger partial charge in [0.2, 0.25) is 0 Å². The van der Waals surface area contributed by atoms with Crippen molar-refractivity contribution in [2.45, 2.75) is 60.4 Å². The van der Waals surface area contributed by atoms with E-state index in [9.17, 15) is 14.4 Å². The minimum absolute atomic E-state index is 0.0533. The van der Waals surface area contributed by atoms with E-state index in [1.807, 2.05) is 34.6 Å². The van der Waals surface area contributed by atoms with Crippen LogP contribution in [-0.2, 0) is 33.3 Å². The molecule has 2 aliphatic carbocycles. The second kappa shape index (κ2) is 10.6. The lowest BCUT2D eigenvalue weighted by Gasteiger charge is -2.32. The third-order valence-electron chi connectivity index (χ3n) is 6.34. The number of Topliss-reactive ketones (excluding diaryl/α,β-unsaturated/α-hetero) is 1. The monoisotopic (exact) mass is 436 g/mol. The van der Waals surface area contributed by atoms with Crippen LogP contribution in [-0.4, -0.2) is 50.4 Å². The van der Waals surface area contributed by atoms with E-state index in [4.69, 9.17) is 18.9 Å². The number of hydrogen-bond acceptors (Lipinski definition) is 7. The van der Waals surface area contributed by atoms with Gasteiger partial charge in [-0.15, -0.1) is 0 Å². The maximum absolute atomic E-state index is 13.6. The van der Waals surface area contributed by atoms with Gasteiger partial charge in [0.1, 0.15) is 6.10 Å². The van der Waals surface area contributed by atoms with Crippen molar-refractivity contribution in [2.75, 3.05) is 20.3 Å². The van der Waals surface area contributed by atoms with Crippen LogP contribution in [0.1, 0.15) is 48.0 Å². The number of esters is 2. The zero-order valence-corrected chi connectivity index (χ0v) is 19.7. The Morgan fingerprint density at radius 3 is 2.29 bits per heavy atom. The molecule has 1 saturated carbocycles. The molecule has 2 aliphatic rings. The standard InChI is InChI=1S/C24H36O7/c1-8-11-17-20(21(29-9-2)30-10-3)24(17,22(26)28-7)23(27)31-19-12-15(6)18(25)13-16(19)14(4)5/h8,11-12,14,16-17,19-21H,9-10,13H2,1-7H3/b11-8+/t16-,17-,19-,20+,24?/m0/s1. The SMILES string of the molecule is C/C=C/[C@H]1[C@H](C(OCC)OCC)C1(C(=O)OC)C(=O)O[C@H]1C=C(C)C(=O)C[C@H]1C(C)C. The van der Waals surface area contributed by atoms with Crippen molar-refractivity contribution >= 4 is 17.7 Å². The zero-order valence-electron chi connectivity index (χ0n) is 19.7. The Kier molecular flexibility index (Phi) is 8.60. The molecule has 0 aromatic heterocycles. The average Bonchev–Trinajstić information content (AvgIpc) is 3.39. The fourth-order valence-electron chi connectivity index (χ4n) is 4.60. The number of methoxy groups -OCH3 is 1. The van der Waals surface area contributed by atoms with E-state index >= 15 is 0 Å². The summed E-state index contributed by atoms with van der Waals surface area (Å²) in [5, 5.41) is 0. The fraction of sp³-hybridized carbons (Fsp3) is 0.708. The highest BCUT2D eigenvalue weighted by Crippen LogP contribution is 2.63. The predicted octanol–water partition coefficient (Wildman–Crippen LogP) is 3.47. The van der Waals surface area contributed by atoms with Gasteiger partial charge in [-0.25, -0.2) is 0 Å². The highest BCUT2D eigenvalue weighted by atomic mass is 16.7. The third kappa shape index (κ3) is 4.77. The van der Waals surface area contributed by atoms with Gasteiger partial charge in [-0.1, -0.05) is 26.0 Å². The summed E-state index contributed by atoms with van der Waals surface area (Å²) in [7, 11) is 1.26. The lowest BCUT2D eigenvalue weighted by atomic mass is 9.80. The summed E-state index contributed by atoms with van der Waals surface area (Å²) < 4.78 is 22.5. The lowest BCUT2D eigenvalue weighted by molar-refractivity contribution is -0.180. The molecule has 0 spiro atoms. The van der Waals surface area contributed by atoms with Crippen molar-refractivity contribution in [1.29, 1.82) is 0 Å². The second-order valence-corrected chi connectivity index (χ2v) is 8.47. The first-order valence-corrected chi connectivity index (χ1v) is 11.1. The molecule has 1 unspecified atom stereocenters. The number of ether oxygens (including phenoxy) is 4. The Hall–Kier alpha value is -1.99. The largest absolute Gasteiger partial charge is 0.468 e. The first kappa shape index (κ1) is 25.3. The Morgan fingerprint density at radius 1 is 1.19 bits per heavy atom. The maximum Gasteiger partial charge on any atom is 0.325 e. The Morgan fingerprint density at radius 2 is 1.81 bits per heavy atom. The van der Waals surface area contributed by atoms with Crippen LogP contribution in [0.15, 0.2) is 23.8 Å². The Bertz CT molecular complexity index is 732. The van der Waals surface area contributed by atoms with Crippen molar-refractivity contribution < 1.29 is 33.3 Å². The zero-order chi connectivity index (χ0) is 23.3. The number of hydrogen-bond donors (Lipinski definition) is 0. The maximum atomic E-state index is 13.6. The predicted molar refractivity (Wildman–Crippen MR) is 115 cm³/mol. The van der Waals surface area contributed by atoms with E-state index in [1.165, 1.54) is 7.11 Å². The van der Waals surface area contributed by atoms with Crippen molar-refractivity contribution in [3.8, 4) is 0 Å². The van der Waals surface area contributed by atoms with Crippen LogP contribution in [0, 0.1) is 29.1 Å². The third-order valence-corrected chi connectivity index (χ3v) is 6.34. The molecule has 174 valence electrons. The lowest BCUT2D eigenvalue weighted by Crippen LogP contribution is -2.41. The molecular weight excluding hydrogens is 400 g/mol. The molecule has 1 fully saturated rings. The van der Waals surface area contributed by atoms with E-state index in [-0.39, 0.29) is 17.6 Å². The smallest absolute Gasteiger partial charge is 0.325 e. The van der Waals surface area contributed by atoms with Gasteiger partial charge in [0, 0.05) is 37.4 Å². The summed E-state index contributed by atoms with van der Waals surface area (Å²) in [6, 6.07) is 0. The molecule has 0 aromatic carbocycles. The van der Waals surface area contributed by atoms with E-state index in [1.54, 1.807) is 25.2 Å². The molecule has 31 heavy (non-hydrogen) atoms. The van der Waals surface area contributed by atoms with Crippen LogP contribution >= 0.6 is 0 Å².